The molecule has 0 aliphatic heterocycles. The Bertz CT molecular complexity index is 494. The average Bonchev–Trinajstić information content (AvgIpc) is 2.34. The fraction of sp³-hybridized carbons (Fsp3) is 0.167. The Morgan fingerprint density at radius 2 is 1.65 bits per heavy atom. The predicted molar refractivity (Wildman–Crippen MR) is 72.8 cm³/mol. The third-order valence-corrected chi connectivity index (χ3v) is 3.93. The highest BCUT2D eigenvalue weighted by atomic mass is 35.5. The highest BCUT2D eigenvalue weighted by molar-refractivity contribution is 7.98. The molecule has 0 radical (unpaired) electrons. The van der Waals surface area contributed by atoms with E-state index in [9.17, 15) is 0 Å². The monoisotopic (exact) mass is 284 g/mol. The zero-order valence-corrected chi connectivity index (χ0v) is 11.5. The Hall–Kier alpha value is -0.770. The van der Waals surface area contributed by atoms with Crippen LogP contribution in [0.5, 0.6) is 0 Å². The summed E-state index contributed by atoms with van der Waals surface area (Å²) in [5.41, 5.74) is 0.724. The third kappa shape index (κ3) is 3.35. The van der Waals surface area contributed by atoms with E-state index >= 15 is 0 Å². The van der Waals surface area contributed by atoms with Gasteiger partial charge in [0.05, 0.1) is 5.75 Å². The molecule has 2 rings (SSSR count). The number of benzene rings is 1. The topological polar surface area (TPSA) is 25.8 Å². The molecule has 2 nitrogen and oxygen atoms in total. The summed E-state index contributed by atoms with van der Waals surface area (Å²) in [7, 11) is 0. The van der Waals surface area contributed by atoms with Crippen molar-refractivity contribution >= 4 is 35.0 Å². The van der Waals surface area contributed by atoms with Gasteiger partial charge in [0, 0.05) is 10.5 Å². The summed E-state index contributed by atoms with van der Waals surface area (Å²) < 4.78 is 0. The molecule has 0 spiro atoms. The van der Waals surface area contributed by atoms with Crippen LogP contribution in [0.1, 0.15) is 11.4 Å². The number of nitrogens with zero attached hydrogens (tertiary/aromatic N) is 2. The number of aromatic nitrogens is 2. The Balaban J connectivity index is 2.10. The molecule has 0 bridgehead atoms. The van der Waals surface area contributed by atoms with Crippen LogP contribution in [0.15, 0.2) is 35.2 Å². The molecule has 0 fully saturated rings. The molecule has 1 aromatic carbocycles. The zero-order valence-electron chi connectivity index (χ0n) is 9.15. The Labute approximate surface area is 114 Å². The quantitative estimate of drug-likeness (QED) is 0.618. The molecule has 1 aromatic heterocycles. The zero-order chi connectivity index (χ0) is 12.3. The fourth-order valence-corrected chi connectivity index (χ4v) is 2.43. The number of halogens is 2. The van der Waals surface area contributed by atoms with Crippen LogP contribution in [0.4, 0.5) is 0 Å². The van der Waals surface area contributed by atoms with Crippen LogP contribution >= 0.6 is 35.0 Å². The first-order chi connectivity index (χ1) is 8.16. The van der Waals surface area contributed by atoms with Crippen LogP contribution < -0.4 is 0 Å². The molecular weight excluding hydrogens is 275 g/mol. The molecule has 0 atom stereocenters. The van der Waals surface area contributed by atoms with Crippen molar-refractivity contribution in [3.63, 3.8) is 0 Å². The van der Waals surface area contributed by atoms with Gasteiger partial charge in [-0.15, -0.1) is 11.8 Å². The van der Waals surface area contributed by atoms with E-state index in [4.69, 9.17) is 23.2 Å². The van der Waals surface area contributed by atoms with E-state index in [1.165, 1.54) is 4.90 Å². The first-order valence-electron chi connectivity index (χ1n) is 5.03. The smallest absolute Gasteiger partial charge is 0.142 e. The summed E-state index contributed by atoms with van der Waals surface area (Å²) in [6, 6.07) is 10.1. The van der Waals surface area contributed by atoms with E-state index in [0.29, 0.717) is 21.9 Å². The molecule has 5 heteroatoms. The maximum Gasteiger partial charge on any atom is 0.142 e. The normalized spacial score (nSPS) is 10.5. The minimum absolute atomic E-state index is 0.425. The van der Waals surface area contributed by atoms with Gasteiger partial charge in [-0.25, -0.2) is 9.97 Å². The molecule has 0 saturated carbocycles. The van der Waals surface area contributed by atoms with E-state index in [1.807, 2.05) is 30.3 Å². The van der Waals surface area contributed by atoms with E-state index in [-0.39, 0.29) is 0 Å². The predicted octanol–water partition coefficient (Wildman–Crippen LogP) is 4.38. The molecule has 88 valence electrons. The number of thioether (sulfide) groups is 1. The van der Waals surface area contributed by atoms with Crippen molar-refractivity contribution in [1.82, 2.24) is 9.97 Å². The van der Waals surface area contributed by atoms with Crippen molar-refractivity contribution in [2.24, 2.45) is 0 Å². The Morgan fingerprint density at radius 3 is 2.24 bits per heavy atom. The van der Waals surface area contributed by atoms with Crippen LogP contribution in [0.2, 0.25) is 10.3 Å². The van der Waals surface area contributed by atoms with E-state index in [0.717, 1.165) is 5.56 Å². The van der Waals surface area contributed by atoms with Crippen LogP contribution in [-0.4, -0.2) is 9.97 Å². The van der Waals surface area contributed by atoms with Gasteiger partial charge in [-0.1, -0.05) is 41.4 Å². The van der Waals surface area contributed by atoms with Crippen molar-refractivity contribution in [1.29, 1.82) is 0 Å². The summed E-state index contributed by atoms with van der Waals surface area (Å²) in [6.07, 6.45) is 0. The van der Waals surface area contributed by atoms with Gasteiger partial charge < -0.3 is 0 Å². The summed E-state index contributed by atoms with van der Waals surface area (Å²) in [4.78, 5) is 9.57. The molecule has 0 N–H and O–H groups in total. The average molecular weight is 285 g/mol. The minimum atomic E-state index is 0.425. The number of hydrogen-bond acceptors (Lipinski definition) is 3. The van der Waals surface area contributed by atoms with Crippen molar-refractivity contribution in [3.8, 4) is 0 Å². The van der Waals surface area contributed by atoms with Crippen molar-refractivity contribution in [2.45, 2.75) is 17.6 Å². The van der Waals surface area contributed by atoms with Gasteiger partial charge in [-0.05, 0) is 19.1 Å². The second-order valence-corrected chi connectivity index (χ2v) is 5.21. The second kappa shape index (κ2) is 5.71. The third-order valence-electron chi connectivity index (χ3n) is 2.18. The first kappa shape index (κ1) is 12.7. The highest BCUT2D eigenvalue weighted by Crippen LogP contribution is 2.24. The largest absolute Gasteiger partial charge is 0.220 e. The van der Waals surface area contributed by atoms with Crippen molar-refractivity contribution in [2.75, 3.05) is 0 Å². The summed E-state index contributed by atoms with van der Waals surface area (Å²) >= 11 is 13.6. The number of hydrogen-bond donors (Lipinski definition) is 0. The molecular formula is C12H10Cl2N2S. The fourth-order valence-electron chi connectivity index (χ4n) is 1.23. The van der Waals surface area contributed by atoms with Gasteiger partial charge in [0.25, 0.3) is 0 Å². The van der Waals surface area contributed by atoms with E-state index < -0.39 is 0 Å². The van der Waals surface area contributed by atoms with Crippen LogP contribution in [-0.2, 0) is 5.75 Å². The lowest BCUT2D eigenvalue weighted by Gasteiger charge is -2.04. The molecule has 0 aliphatic rings. The lowest BCUT2D eigenvalue weighted by Crippen LogP contribution is -1.96. The maximum absolute atomic E-state index is 5.96. The van der Waals surface area contributed by atoms with Crippen molar-refractivity contribution in [3.05, 3.63) is 52.0 Å². The van der Waals surface area contributed by atoms with Gasteiger partial charge in [-0.2, -0.15) is 0 Å². The SMILES string of the molecule is Cc1c(Cl)nc(CSc2ccccc2)nc1Cl. The van der Waals surface area contributed by atoms with E-state index in [1.54, 1.807) is 18.7 Å². The number of rotatable bonds is 3. The first-order valence-corrected chi connectivity index (χ1v) is 6.77. The van der Waals surface area contributed by atoms with E-state index in [2.05, 4.69) is 9.97 Å². The maximum atomic E-state index is 5.96. The van der Waals surface area contributed by atoms with Crippen LogP contribution in [0, 0.1) is 6.92 Å². The van der Waals surface area contributed by atoms with Crippen LogP contribution in [0.25, 0.3) is 0 Å². The molecule has 0 saturated heterocycles. The Kier molecular flexibility index (Phi) is 4.26. The summed E-state index contributed by atoms with van der Waals surface area (Å²) in [5, 5.41) is 0.849. The van der Waals surface area contributed by atoms with Crippen molar-refractivity contribution < 1.29 is 0 Å². The highest BCUT2D eigenvalue weighted by Gasteiger charge is 2.07. The molecule has 17 heavy (non-hydrogen) atoms. The van der Waals surface area contributed by atoms with Gasteiger partial charge in [0.1, 0.15) is 16.1 Å². The molecule has 2 aromatic rings. The van der Waals surface area contributed by atoms with Gasteiger partial charge >= 0.3 is 0 Å². The molecule has 0 amide bonds. The second-order valence-electron chi connectivity index (χ2n) is 3.45. The summed E-state index contributed by atoms with van der Waals surface area (Å²) in [5.74, 6) is 1.31. The summed E-state index contributed by atoms with van der Waals surface area (Å²) in [6.45, 7) is 1.80. The molecule has 1 heterocycles. The van der Waals surface area contributed by atoms with Gasteiger partial charge in [0.2, 0.25) is 0 Å². The van der Waals surface area contributed by atoms with Gasteiger partial charge in [0.15, 0.2) is 0 Å². The van der Waals surface area contributed by atoms with Crippen LogP contribution in [0.3, 0.4) is 0 Å². The van der Waals surface area contributed by atoms with Gasteiger partial charge in [-0.3, -0.25) is 0 Å². The lowest BCUT2D eigenvalue weighted by atomic mass is 10.4. The standard InChI is InChI=1S/C12H10Cl2N2S/c1-8-11(13)15-10(16-12(8)14)7-17-9-5-3-2-4-6-9/h2-6H,7H2,1H3. The lowest BCUT2D eigenvalue weighted by molar-refractivity contribution is 1.01. The Morgan fingerprint density at radius 1 is 1.06 bits per heavy atom. The molecule has 0 unspecified atom stereocenters. The molecule has 0 aliphatic carbocycles. The minimum Gasteiger partial charge on any atom is -0.220 e.